The molecule has 0 amide bonds. The van der Waals surface area contributed by atoms with E-state index in [1.54, 1.807) is 0 Å². The van der Waals surface area contributed by atoms with Crippen molar-refractivity contribution >= 4 is 11.9 Å². The zero-order valence-electron chi connectivity index (χ0n) is 14.1. The number of aliphatic carboxylic acids is 2. The summed E-state index contributed by atoms with van der Waals surface area (Å²) in [6.07, 6.45) is 0.744. The summed E-state index contributed by atoms with van der Waals surface area (Å²) in [5.41, 5.74) is -0.172. The topological polar surface area (TPSA) is 107 Å². The predicted molar refractivity (Wildman–Crippen MR) is 81.4 cm³/mol. The molecule has 1 fully saturated rings. The SMILES string of the molecule is CCON1C(C)(C)CC(O)CC1(C)C.O=C(O)CCC(=O)O. The maximum Gasteiger partial charge on any atom is 0.303 e. The quantitative estimate of drug-likeness (QED) is 0.710. The van der Waals surface area contributed by atoms with Crippen molar-refractivity contribution in [3.63, 3.8) is 0 Å². The molecular formula is C15H29NO6. The molecule has 0 unspecified atom stereocenters. The van der Waals surface area contributed by atoms with Crippen molar-refractivity contribution < 1.29 is 29.7 Å². The summed E-state index contributed by atoms with van der Waals surface area (Å²) in [5.74, 6) is -2.15. The second-order valence-electron chi connectivity index (χ2n) is 6.69. The first-order chi connectivity index (χ1) is 9.92. The molecule has 1 aliphatic rings. The molecule has 0 saturated carbocycles. The van der Waals surface area contributed by atoms with Crippen LogP contribution >= 0.6 is 0 Å². The number of carboxylic acid groups (broad SMARTS) is 2. The molecule has 0 aliphatic carbocycles. The van der Waals surface area contributed by atoms with Gasteiger partial charge in [0, 0.05) is 11.1 Å². The third-order valence-corrected chi connectivity index (χ3v) is 3.38. The normalized spacial score (nSPS) is 20.8. The molecule has 0 bridgehead atoms. The van der Waals surface area contributed by atoms with Gasteiger partial charge in [-0.05, 0) is 47.5 Å². The van der Waals surface area contributed by atoms with Crippen LogP contribution in [-0.2, 0) is 14.4 Å². The Kier molecular flexibility index (Phi) is 8.00. The summed E-state index contributed by atoms with van der Waals surface area (Å²) < 4.78 is 0. The fourth-order valence-corrected chi connectivity index (χ4v) is 2.90. The summed E-state index contributed by atoms with van der Waals surface area (Å²) in [7, 11) is 0. The van der Waals surface area contributed by atoms with Crippen molar-refractivity contribution in [1.29, 1.82) is 0 Å². The van der Waals surface area contributed by atoms with E-state index in [-0.39, 0.29) is 30.0 Å². The fraction of sp³-hybridized carbons (Fsp3) is 0.867. The van der Waals surface area contributed by atoms with E-state index in [4.69, 9.17) is 15.1 Å². The molecule has 7 nitrogen and oxygen atoms in total. The van der Waals surface area contributed by atoms with Gasteiger partial charge in [-0.25, -0.2) is 0 Å². The molecule has 0 aromatic rings. The maximum atomic E-state index is 9.78. The largest absolute Gasteiger partial charge is 0.481 e. The number of piperidine rings is 1. The van der Waals surface area contributed by atoms with Gasteiger partial charge in [0.25, 0.3) is 0 Å². The van der Waals surface area contributed by atoms with E-state index in [1.807, 2.05) is 12.0 Å². The Bertz CT molecular complexity index is 348. The molecule has 0 aromatic heterocycles. The number of aliphatic hydroxyl groups is 1. The zero-order chi connectivity index (χ0) is 17.6. The number of hydroxylamine groups is 2. The summed E-state index contributed by atoms with van der Waals surface area (Å²) in [6.45, 7) is 11.2. The first kappa shape index (κ1) is 20.8. The highest BCUT2D eigenvalue weighted by Crippen LogP contribution is 2.38. The average Bonchev–Trinajstić information content (AvgIpc) is 2.30. The third kappa shape index (κ3) is 7.20. The van der Waals surface area contributed by atoms with Gasteiger partial charge in [-0.3, -0.25) is 14.4 Å². The molecule has 1 saturated heterocycles. The van der Waals surface area contributed by atoms with Crippen LogP contribution in [0.25, 0.3) is 0 Å². The zero-order valence-corrected chi connectivity index (χ0v) is 14.1. The third-order valence-electron chi connectivity index (χ3n) is 3.38. The van der Waals surface area contributed by atoms with Crippen LogP contribution in [0.15, 0.2) is 0 Å². The Balaban J connectivity index is 0.000000472. The Labute approximate surface area is 131 Å². The molecule has 0 radical (unpaired) electrons. The average molecular weight is 319 g/mol. The minimum absolute atomic E-state index is 0.0861. The van der Waals surface area contributed by atoms with E-state index in [1.165, 1.54) is 0 Å². The molecule has 3 N–H and O–H groups in total. The van der Waals surface area contributed by atoms with Crippen molar-refractivity contribution in [1.82, 2.24) is 5.06 Å². The molecule has 1 heterocycles. The van der Waals surface area contributed by atoms with Gasteiger partial charge in [-0.2, -0.15) is 5.06 Å². The predicted octanol–water partition coefficient (Wildman–Crippen LogP) is 1.89. The number of aliphatic hydroxyl groups excluding tert-OH is 1. The second kappa shape index (κ2) is 8.45. The fourth-order valence-electron chi connectivity index (χ4n) is 2.90. The summed E-state index contributed by atoms with van der Waals surface area (Å²) >= 11 is 0. The summed E-state index contributed by atoms with van der Waals surface area (Å²) in [5, 5.41) is 27.6. The highest BCUT2D eigenvalue weighted by molar-refractivity contribution is 5.75. The first-order valence-electron chi connectivity index (χ1n) is 7.47. The minimum atomic E-state index is -1.08. The van der Waals surface area contributed by atoms with Gasteiger partial charge in [0.1, 0.15) is 0 Å². The van der Waals surface area contributed by atoms with Crippen LogP contribution in [0.2, 0.25) is 0 Å². The first-order valence-corrected chi connectivity index (χ1v) is 7.47. The van der Waals surface area contributed by atoms with Crippen molar-refractivity contribution in [2.75, 3.05) is 6.61 Å². The molecule has 0 atom stereocenters. The van der Waals surface area contributed by atoms with Crippen molar-refractivity contribution in [3.8, 4) is 0 Å². The van der Waals surface area contributed by atoms with Crippen LogP contribution in [0.3, 0.4) is 0 Å². The Morgan fingerprint density at radius 3 is 1.68 bits per heavy atom. The van der Waals surface area contributed by atoms with Crippen LogP contribution in [-0.4, -0.2) is 56.1 Å². The number of carboxylic acids is 2. The van der Waals surface area contributed by atoms with E-state index < -0.39 is 11.9 Å². The Hall–Kier alpha value is -1.18. The van der Waals surface area contributed by atoms with Crippen molar-refractivity contribution in [3.05, 3.63) is 0 Å². The van der Waals surface area contributed by atoms with Gasteiger partial charge in [0.05, 0.1) is 25.6 Å². The van der Waals surface area contributed by atoms with Gasteiger partial charge < -0.3 is 15.3 Å². The van der Waals surface area contributed by atoms with E-state index >= 15 is 0 Å². The number of rotatable bonds is 5. The van der Waals surface area contributed by atoms with Crippen LogP contribution in [0, 0.1) is 0 Å². The van der Waals surface area contributed by atoms with Crippen LogP contribution < -0.4 is 0 Å². The molecule has 0 spiro atoms. The minimum Gasteiger partial charge on any atom is -0.481 e. The molecule has 130 valence electrons. The van der Waals surface area contributed by atoms with Crippen LogP contribution in [0.1, 0.15) is 60.3 Å². The van der Waals surface area contributed by atoms with Gasteiger partial charge in [-0.1, -0.05) is 0 Å². The number of hydrogen-bond donors (Lipinski definition) is 3. The van der Waals surface area contributed by atoms with Gasteiger partial charge in [0.15, 0.2) is 0 Å². The Morgan fingerprint density at radius 2 is 1.41 bits per heavy atom. The number of carbonyl (C=O) groups is 2. The highest BCUT2D eigenvalue weighted by atomic mass is 16.7. The van der Waals surface area contributed by atoms with Gasteiger partial charge >= 0.3 is 11.9 Å². The maximum absolute atomic E-state index is 9.78. The standard InChI is InChI=1S/C11H23NO2.C4H6O4/c1-6-14-12-10(2,3)7-9(13)8-11(12,4)5;5-3(6)1-2-4(7)8/h9,13H,6-8H2,1-5H3;1-2H2,(H,5,6)(H,7,8). The van der Waals surface area contributed by atoms with E-state index in [0.29, 0.717) is 6.61 Å². The summed E-state index contributed by atoms with van der Waals surface area (Å²) in [4.78, 5) is 25.0. The van der Waals surface area contributed by atoms with E-state index in [0.717, 1.165) is 12.8 Å². The number of hydrogen-bond acceptors (Lipinski definition) is 5. The molecule has 1 aliphatic heterocycles. The van der Waals surface area contributed by atoms with Crippen LogP contribution in [0.5, 0.6) is 0 Å². The lowest BCUT2D eigenvalue weighted by atomic mass is 9.80. The lowest BCUT2D eigenvalue weighted by molar-refractivity contribution is -0.289. The molecule has 0 aromatic carbocycles. The van der Waals surface area contributed by atoms with Gasteiger partial charge in [-0.15, -0.1) is 0 Å². The molecular weight excluding hydrogens is 290 g/mol. The highest BCUT2D eigenvalue weighted by Gasteiger charge is 2.45. The van der Waals surface area contributed by atoms with E-state index in [2.05, 4.69) is 27.7 Å². The van der Waals surface area contributed by atoms with Gasteiger partial charge in [0.2, 0.25) is 0 Å². The monoisotopic (exact) mass is 319 g/mol. The van der Waals surface area contributed by atoms with Crippen molar-refractivity contribution in [2.45, 2.75) is 77.5 Å². The summed E-state index contributed by atoms with van der Waals surface area (Å²) in [6, 6.07) is 0. The smallest absolute Gasteiger partial charge is 0.303 e. The molecule has 1 rings (SSSR count). The molecule has 7 heteroatoms. The lowest BCUT2D eigenvalue weighted by Crippen LogP contribution is -2.61. The molecule has 22 heavy (non-hydrogen) atoms. The Morgan fingerprint density at radius 1 is 1.05 bits per heavy atom. The number of nitrogens with zero attached hydrogens (tertiary/aromatic N) is 1. The van der Waals surface area contributed by atoms with E-state index in [9.17, 15) is 14.7 Å². The second-order valence-corrected chi connectivity index (χ2v) is 6.69. The van der Waals surface area contributed by atoms with Crippen LogP contribution in [0.4, 0.5) is 0 Å². The van der Waals surface area contributed by atoms with Crippen molar-refractivity contribution in [2.24, 2.45) is 0 Å². The lowest BCUT2D eigenvalue weighted by Gasteiger charge is -2.52.